The first kappa shape index (κ1) is 14.5. The Morgan fingerprint density at radius 2 is 2.20 bits per heavy atom. The van der Waals surface area contributed by atoms with E-state index in [0.29, 0.717) is 16.8 Å². The molecule has 106 valence electrons. The number of nitrogens with zero attached hydrogens (tertiary/aromatic N) is 1. The van der Waals surface area contributed by atoms with Crippen LogP contribution in [0.15, 0.2) is 16.7 Å². The van der Waals surface area contributed by atoms with Crippen molar-refractivity contribution in [3.8, 4) is 17.0 Å². The predicted octanol–water partition coefficient (Wildman–Crippen LogP) is 5.22. The predicted molar refractivity (Wildman–Crippen MR) is 87.8 cm³/mol. The van der Waals surface area contributed by atoms with Crippen LogP contribution in [-0.4, -0.2) is 12.3 Å². The van der Waals surface area contributed by atoms with E-state index in [2.05, 4.69) is 27.7 Å². The molecule has 0 bridgehead atoms. The standard InChI is InChI=1S/C14H12Cl2INO2/c1-19-8-4-10(16)12(11(17)5-8)13-9(6-15)14(20-18-13)7-2-3-7/h4-5,7H,2-3,6H2,1H3. The highest BCUT2D eigenvalue weighted by Crippen LogP contribution is 2.46. The molecule has 1 saturated carbocycles. The topological polar surface area (TPSA) is 35.3 Å². The van der Waals surface area contributed by atoms with Crippen molar-refractivity contribution in [2.75, 3.05) is 7.11 Å². The molecule has 1 aliphatic rings. The molecule has 0 N–H and O–H groups in total. The Morgan fingerprint density at radius 1 is 1.45 bits per heavy atom. The monoisotopic (exact) mass is 423 g/mol. The zero-order valence-corrected chi connectivity index (χ0v) is 14.4. The first-order valence-corrected chi connectivity index (χ1v) is 8.22. The van der Waals surface area contributed by atoms with Gasteiger partial charge in [0.05, 0.1) is 18.0 Å². The maximum Gasteiger partial charge on any atom is 0.144 e. The second-order valence-corrected chi connectivity index (χ2v) is 6.58. The molecule has 0 radical (unpaired) electrons. The fourth-order valence-corrected chi connectivity index (χ4v) is 3.78. The molecule has 0 spiro atoms. The summed E-state index contributed by atoms with van der Waals surface area (Å²) >= 11 is 14.7. The van der Waals surface area contributed by atoms with E-state index in [1.54, 1.807) is 13.2 Å². The maximum absolute atomic E-state index is 6.37. The third-order valence-electron chi connectivity index (χ3n) is 3.39. The van der Waals surface area contributed by atoms with Crippen LogP contribution in [-0.2, 0) is 5.88 Å². The minimum Gasteiger partial charge on any atom is -0.497 e. The molecule has 3 nitrogen and oxygen atoms in total. The number of ether oxygens (including phenoxy) is 1. The average Bonchev–Trinajstić information content (AvgIpc) is 3.19. The van der Waals surface area contributed by atoms with Gasteiger partial charge in [0.2, 0.25) is 0 Å². The van der Waals surface area contributed by atoms with E-state index in [4.69, 9.17) is 32.5 Å². The number of hydrogen-bond donors (Lipinski definition) is 0. The number of halogens is 3. The van der Waals surface area contributed by atoms with Gasteiger partial charge in [-0.3, -0.25) is 0 Å². The summed E-state index contributed by atoms with van der Waals surface area (Å²) in [5, 5.41) is 4.80. The molecule has 1 heterocycles. The molecule has 0 amide bonds. The quantitative estimate of drug-likeness (QED) is 0.499. The lowest BCUT2D eigenvalue weighted by Crippen LogP contribution is -1.93. The van der Waals surface area contributed by atoms with Crippen molar-refractivity contribution >= 4 is 45.8 Å². The van der Waals surface area contributed by atoms with Crippen LogP contribution >= 0.6 is 45.8 Å². The lowest BCUT2D eigenvalue weighted by Gasteiger charge is -2.08. The van der Waals surface area contributed by atoms with Crippen LogP contribution in [0.1, 0.15) is 30.1 Å². The minimum absolute atomic E-state index is 0.378. The van der Waals surface area contributed by atoms with Crippen molar-refractivity contribution in [2.24, 2.45) is 0 Å². The van der Waals surface area contributed by atoms with Crippen molar-refractivity contribution in [3.05, 3.63) is 32.0 Å². The lowest BCUT2D eigenvalue weighted by atomic mass is 10.1. The first-order valence-electron chi connectivity index (χ1n) is 6.23. The molecule has 3 rings (SSSR count). The van der Waals surface area contributed by atoms with Crippen LogP contribution < -0.4 is 4.74 Å². The van der Waals surface area contributed by atoms with Crippen molar-refractivity contribution in [2.45, 2.75) is 24.6 Å². The molecule has 0 unspecified atom stereocenters. The third-order valence-corrected chi connectivity index (χ3v) is 4.80. The molecular weight excluding hydrogens is 412 g/mol. The number of methoxy groups -OCH3 is 1. The molecule has 0 saturated heterocycles. The van der Waals surface area contributed by atoms with Gasteiger partial charge in [0.15, 0.2) is 0 Å². The fourth-order valence-electron chi connectivity index (χ4n) is 2.21. The molecule has 0 aliphatic heterocycles. The van der Waals surface area contributed by atoms with Crippen LogP contribution in [0.25, 0.3) is 11.3 Å². The normalized spacial score (nSPS) is 14.6. The number of hydrogen-bond acceptors (Lipinski definition) is 3. The largest absolute Gasteiger partial charge is 0.497 e. The van der Waals surface area contributed by atoms with Crippen LogP contribution in [0.2, 0.25) is 5.02 Å². The number of rotatable bonds is 4. The van der Waals surface area contributed by atoms with Gasteiger partial charge in [0, 0.05) is 20.6 Å². The van der Waals surface area contributed by atoms with E-state index >= 15 is 0 Å². The summed E-state index contributed by atoms with van der Waals surface area (Å²) in [7, 11) is 1.62. The van der Waals surface area contributed by atoms with Gasteiger partial charge in [-0.2, -0.15) is 0 Å². The molecule has 1 aliphatic carbocycles. The van der Waals surface area contributed by atoms with E-state index < -0.39 is 0 Å². The first-order chi connectivity index (χ1) is 9.65. The summed E-state index contributed by atoms with van der Waals surface area (Å²) in [5.41, 5.74) is 2.57. The SMILES string of the molecule is COc1cc(Cl)c(-c2noc(C3CC3)c2CCl)c(I)c1. The molecular formula is C14H12Cl2INO2. The Kier molecular flexibility index (Phi) is 4.15. The summed E-state index contributed by atoms with van der Waals surface area (Å²) in [6.45, 7) is 0. The van der Waals surface area contributed by atoms with Crippen molar-refractivity contribution in [1.29, 1.82) is 0 Å². The summed E-state index contributed by atoms with van der Waals surface area (Å²) in [6.07, 6.45) is 2.29. The highest BCUT2D eigenvalue weighted by atomic mass is 127. The van der Waals surface area contributed by atoms with E-state index in [1.165, 1.54) is 0 Å². The lowest BCUT2D eigenvalue weighted by molar-refractivity contribution is 0.385. The molecule has 6 heteroatoms. The van der Waals surface area contributed by atoms with Crippen LogP contribution in [0.3, 0.4) is 0 Å². The average molecular weight is 424 g/mol. The van der Waals surface area contributed by atoms with Crippen LogP contribution in [0, 0.1) is 3.57 Å². The number of benzene rings is 1. The molecule has 1 aromatic heterocycles. The summed E-state index contributed by atoms with van der Waals surface area (Å²) in [6, 6.07) is 3.70. The van der Waals surface area contributed by atoms with Crippen molar-refractivity contribution in [1.82, 2.24) is 5.16 Å². The Morgan fingerprint density at radius 3 is 2.75 bits per heavy atom. The second-order valence-electron chi connectivity index (χ2n) is 4.75. The Bertz CT molecular complexity index is 630. The maximum atomic E-state index is 6.37. The van der Waals surface area contributed by atoms with Gasteiger partial charge in [-0.15, -0.1) is 11.6 Å². The van der Waals surface area contributed by atoms with E-state index in [9.17, 15) is 0 Å². The van der Waals surface area contributed by atoms with Gasteiger partial charge in [0.25, 0.3) is 0 Å². The van der Waals surface area contributed by atoms with Gasteiger partial charge in [-0.25, -0.2) is 0 Å². The van der Waals surface area contributed by atoms with Crippen LogP contribution in [0.4, 0.5) is 0 Å². The van der Waals surface area contributed by atoms with Crippen molar-refractivity contribution < 1.29 is 9.26 Å². The van der Waals surface area contributed by atoms with Gasteiger partial charge in [-0.05, 0) is 47.6 Å². The Balaban J connectivity index is 2.13. The third kappa shape index (κ3) is 2.53. The highest BCUT2D eigenvalue weighted by Gasteiger charge is 2.33. The van der Waals surface area contributed by atoms with E-state index in [0.717, 1.165) is 44.7 Å². The Labute approximate surface area is 140 Å². The summed E-state index contributed by atoms with van der Waals surface area (Å²) in [5.74, 6) is 2.49. The zero-order chi connectivity index (χ0) is 14.3. The Hall–Kier alpha value is -0.460. The van der Waals surface area contributed by atoms with Gasteiger partial charge in [0.1, 0.15) is 17.2 Å². The molecule has 2 aromatic rings. The molecule has 0 atom stereocenters. The van der Waals surface area contributed by atoms with Gasteiger partial charge >= 0.3 is 0 Å². The second kappa shape index (κ2) is 5.73. The van der Waals surface area contributed by atoms with E-state index in [-0.39, 0.29) is 0 Å². The highest BCUT2D eigenvalue weighted by molar-refractivity contribution is 14.1. The molecule has 1 fully saturated rings. The summed E-state index contributed by atoms with van der Waals surface area (Å²) in [4.78, 5) is 0. The molecule has 1 aromatic carbocycles. The van der Waals surface area contributed by atoms with Gasteiger partial charge < -0.3 is 9.26 Å². The smallest absolute Gasteiger partial charge is 0.144 e. The van der Waals surface area contributed by atoms with Gasteiger partial charge in [-0.1, -0.05) is 16.8 Å². The minimum atomic E-state index is 0.378. The van der Waals surface area contributed by atoms with E-state index in [1.807, 2.05) is 6.07 Å². The number of aromatic nitrogens is 1. The number of alkyl halides is 1. The summed E-state index contributed by atoms with van der Waals surface area (Å²) < 4.78 is 11.7. The zero-order valence-electron chi connectivity index (χ0n) is 10.8. The van der Waals surface area contributed by atoms with Crippen LogP contribution in [0.5, 0.6) is 5.75 Å². The fraction of sp³-hybridized carbons (Fsp3) is 0.357. The van der Waals surface area contributed by atoms with Crippen molar-refractivity contribution in [3.63, 3.8) is 0 Å². The molecule has 20 heavy (non-hydrogen) atoms.